The lowest BCUT2D eigenvalue weighted by molar-refractivity contribution is 0.301. The standard InChI is InChI=1S/C19H22ClN3O2S/c1-22(2)18(15-13-23(3)17-10-6-4-8-14(15)17)12-21-26(24,25)19-11-7-5-9-16(19)20/h4-11,13,18,21H,12H2,1-3H3/t18-/m0/s1. The van der Waals surface area contributed by atoms with Crippen LogP contribution in [0.5, 0.6) is 0 Å². The van der Waals surface area contributed by atoms with Crippen LogP contribution in [-0.2, 0) is 17.1 Å². The maximum atomic E-state index is 12.7. The average molecular weight is 392 g/mol. The molecule has 5 nitrogen and oxygen atoms in total. The van der Waals surface area contributed by atoms with Gasteiger partial charge in [0.2, 0.25) is 10.0 Å². The molecule has 0 saturated carbocycles. The number of para-hydroxylation sites is 1. The smallest absolute Gasteiger partial charge is 0.242 e. The molecule has 0 aliphatic heterocycles. The molecule has 3 rings (SSSR count). The van der Waals surface area contributed by atoms with Crippen molar-refractivity contribution in [1.82, 2.24) is 14.2 Å². The van der Waals surface area contributed by atoms with Crippen molar-refractivity contribution in [3.8, 4) is 0 Å². The summed E-state index contributed by atoms with van der Waals surface area (Å²) in [5, 5.41) is 1.33. The third kappa shape index (κ3) is 3.64. The second-order valence-corrected chi connectivity index (χ2v) is 8.62. The van der Waals surface area contributed by atoms with Crippen molar-refractivity contribution in [2.75, 3.05) is 20.6 Å². The van der Waals surface area contributed by atoms with Crippen LogP contribution in [0.2, 0.25) is 5.02 Å². The van der Waals surface area contributed by atoms with Crippen LogP contribution in [-0.4, -0.2) is 38.5 Å². The molecule has 0 radical (unpaired) electrons. The van der Waals surface area contributed by atoms with Crippen LogP contribution < -0.4 is 4.72 Å². The van der Waals surface area contributed by atoms with Crippen molar-refractivity contribution in [3.63, 3.8) is 0 Å². The number of hydrogen-bond donors (Lipinski definition) is 1. The number of fused-ring (bicyclic) bond motifs is 1. The number of halogens is 1. The molecule has 0 aliphatic rings. The fourth-order valence-electron chi connectivity index (χ4n) is 3.14. The molecule has 1 atom stereocenters. The summed E-state index contributed by atoms with van der Waals surface area (Å²) in [7, 11) is 2.18. The van der Waals surface area contributed by atoms with Crippen molar-refractivity contribution in [2.45, 2.75) is 10.9 Å². The summed E-state index contributed by atoms with van der Waals surface area (Å²) >= 11 is 6.05. The van der Waals surface area contributed by atoms with E-state index in [0.29, 0.717) is 0 Å². The first-order valence-corrected chi connectivity index (χ1v) is 10.1. The SMILES string of the molecule is CN(C)[C@@H](CNS(=O)(=O)c1ccccc1Cl)c1cn(C)c2ccccc12. The molecule has 26 heavy (non-hydrogen) atoms. The van der Waals surface area contributed by atoms with E-state index < -0.39 is 10.0 Å². The Hall–Kier alpha value is -1.86. The Bertz CT molecular complexity index is 1030. The molecule has 0 fully saturated rings. The van der Waals surface area contributed by atoms with Crippen molar-refractivity contribution >= 4 is 32.5 Å². The highest BCUT2D eigenvalue weighted by atomic mass is 35.5. The summed E-state index contributed by atoms with van der Waals surface area (Å²) in [6, 6.07) is 14.4. The Balaban J connectivity index is 1.91. The summed E-state index contributed by atoms with van der Waals surface area (Å²) in [6.07, 6.45) is 2.05. The molecule has 0 unspecified atom stereocenters. The minimum absolute atomic E-state index is 0.0945. The lowest BCUT2D eigenvalue weighted by Gasteiger charge is -2.24. The van der Waals surface area contributed by atoms with E-state index in [9.17, 15) is 8.42 Å². The zero-order valence-corrected chi connectivity index (χ0v) is 16.6. The molecule has 1 aromatic heterocycles. The molecule has 2 aromatic carbocycles. The van der Waals surface area contributed by atoms with Crippen LogP contribution in [0.3, 0.4) is 0 Å². The Morgan fingerprint density at radius 2 is 1.77 bits per heavy atom. The van der Waals surface area contributed by atoms with Crippen molar-refractivity contribution in [1.29, 1.82) is 0 Å². The van der Waals surface area contributed by atoms with Gasteiger partial charge in [0.15, 0.2) is 0 Å². The van der Waals surface area contributed by atoms with Gasteiger partial charge >= 0.3 is 0 Å². The van der Waals surface area contributed by atoms with E-state index in [1.807, 2.05) is 38.2 Å². The highest BCUT2D eigenvalue weighted by molar-refractivity contribution is 7.89. The van der Waals surface area contributed by atoms with Crippen molar-refractivity contribution < 1.29 is 8.42 Å². The van der Waals surface area contributed by atoms with E-state index in [-0.39, 0.29) is 22.5 Å². The molecule has 3 aromatic rings. The van der Waals surface area contributed by atoms with Gasteiger partial charge in [-0.25, -0.2) is 13.1 Å². The number of likely N-dealkylation sites (N-methyl/N-ethyl adjacent to an activating group) is 1. The van der Waals surface area contributed by atoms with E-state index in [0.717, 1.165) is 16.5 Å². The normalized spacial score (nSPS) is 13.4. The topological polar surface area (TPSA) is 54.3 Å². The zero-order chi connectivity index (χ0) is 18.9. The molecule has 0 spiro atoms. The second-order valence-electron chi connectivity index (χ2n) is 6.47. The Morgan fingerprint density at radius 1 is 1.12 bits per heavy atom. The Kier molecular flexibility index (Phi) is 5.39. The first-order chi connectivity index (χ1) is 12.3. The fraction of sp³-hybridized carbons (Fsp3) is 0.263. The van der Waals surface area contributed by atoms with E-state index in [1.54, 1.807) is 18.2 Å². The first-order valence-electron chi connectivity index (χ1n) is 8.26. The van der Waals surface area contributed by atoms with Crippen molar-refractivity contribution in [2.24, 2.45) is 7.05 Å². The van der Waals surface area contributed by atoms with Gasteiger partial charge in [-0.3, -0.25) is 0 Å². The second kappa shape index (κ2) is 7.40. The predicted octanol–water partition coefficient (Wildman–Crippen LogP) is 3.41. The Labute approximate surface area is 159 Å². The number of aromatic nitrogens is 1. The Morgan fingerprint density at radius 3 is 2.46 bits per heavy atom. The van der Waals surface area contributed by atoms with Crippen LogP contribution in [0.1, 0.15) is 11.6 Å². The fourth-order valence-corrected chi connectivity index (χ4v) is 4.69. The molecule has 1 N–H and O–H groups in total. The van der Waals surface area contributed by atoms with Crippen LogP contribution in [0.15, 0.2) is 59.6 Å². The van der Waals surface area contributed by atoms with Crippen LogP contribution in [0, 0.1) is 0 Å². The number of rotatable bonds is 6. The molecule has 1 heterocycles. The van der Waals surface area contributed by atoms with E-state index in [4.69, 9.17) is 11.6 Å². The van der Waals surface area contributed by atoms with Crippen LogP contribution >= 0.6 is 11.6 Å². The highest BCUT2D eigenvalue weighted by Gasteiger charge is 2.23. The van der Waals surface area contributed by atoms with E-state index in [2.05, 4.69) is 27.6 Å². The third-order valence-corrected chi connectivity index (χ3v) is 6.43. The van der Waals surface area contributed by atoms with Gasteiger partial charge in [-0.1, -0.05) is 41.9 Å². The molecular formula is C19H22ClN3O2S. The number of aryl methyl sites for hydroxylation is 1. The minimum Gasteiger partial charge on any atom is -0.350 e. The van der Waals surface area contributed by atoms with E-state index in [1.165, 1.54) is 6.07 Å². The van der Waals surface area contributed by atoms with Gasteiger partial charge in [-0.15, -0.1) is 0 Å². The highest BCUT2D eigenvalue weighted by Crippen LogP contribution is 2.29. The molecule has 0 amide bonds. The zero-order valence-electron chi connectivity index (χ0n) is 15.0. The van der Waals surface area contributed by atoms with E-state index >= 15 is 0 Å². The molecule has 0 saturated heterocycles. The minimum atomic E-state index is -3.69. The summed E-state index contributed by atoms with van der Waals surface area (Å²) in [4.78, 5) is 2.11. The van der Waals surface area contributed by atoms with Gasteiger partial charge in [0.05, 0.1) is 5.02 Å². The number of nitrogens with one attached hydrogen (secondary N) is 1. The molecule has 7 heteroatoms. The number of hydrogen-bond acceptors (Lipinski definition) is 3. The molecule has 138 valence electrons. The molecule has 0 bridgehead atoms. The maximum Gasteiger partial charge on any atom is 0.242 e. The van der Waals surface area contributed by atoms with Gasteiger partial charge in [-0.05, 0) is 37.9 Å². The van der Waals surface area contributed by atoms with Crippen molar-refractivity contribution in [3.05, 3.63) is 65.3 Å². The number of nitrogens with zero attached hydrogens (tertiary/aromatic N) is 2. The first kappa shape index (κ1) is 18.9. The average Bonchev–Trinajstić information content (AvgIpc) is 2.92. The molecular weight excluding hydrogens is 370 g/mol. The van der Waals surface area contributed by atoms with Crippen LogP contribution in [0.25, 0.3) is 10.9 Å². The molecule has 0 aliphatic carbocycles. The summed E-state index contributed by atoms with van der Waals surface area (Å²) in [6.45, 7) is 0.245. The predicted molar refractivity (Wildman–Crippen MR) is 106 cm³/mol. The van der Waals surface area contributed by atoms with Gasteiger partial charge < -0.3 is 9.47 Å². The van der Waals surface area contributed by atoms with Crippen LogP contribution in [0.4, 0.5) is 0 Å². The lowest BCUT2D eigenvalue weighted by Crippen LogP contribution is -2.34. The maximum absolute atomic E-state index is 12.7. The summed E-state index contributed by atoms with van der Waals surface area (Å²) < 4.78 is 30.1. The number of sulfonamides is 1. The third-order valence-electron chi connectivity index (χ3n) is 4.50. The summed E-state index contributed by atoms with van der Waals surface area (Å²) in [5.74, 6) is 0. The van der Waals surface area contributed by atoms with Gasteiger partial charge in [-0.2, -0.15) is 0 Å². The lowest BCUT2D eigenvalue weighted by atomic mass is 10.1. The summed E-state index contributed by atoms with van der Waals surface area (Å²) in [5.41, 5.74) is 2.19. The van der Waals surface area contributed by atoms with Gasteiger partial charge in [0.25, 0.3) is 0 Å². The largest absolute Gasteiger partial charge is 0.350 e. The van der Waals surface area contributed by atoms with Gasteiger partial charge in [0, 0.05) is 36.7 Å². The quantitative estimate of drug-likeness (QED) is 0.700. The van der Waals surface area contributed by atoms with Gasteiger partial charge in [0.1, 0.15) is 4.90 Å². The number of benzene rings is 2. The monoisotopic (exact) mass is 391 g/mol.